The van der Waals surface area contributed by atoms with Gasteiger partial charge in [0.2, 0.25) is 0 Å². The van der Waals surface area contributed by atoms with Crippen molar-refractivity contribution < 1.29 is 28.1 Å². The number of hydrogen-bond acceptors (Lipinski definition) is 5. The van der Waals surface area contributed by atoms with Crippen LogP contribution in [0.3, 0.4) is 0 Å². The van der Waals surface area contributed by atoms with Crippen LogP contribution in [0, 0.1) is 5.82 Å². The molecule has 2 aromatic carbocycles. The summed E-state index contributed by atoms with van der Waals surface area (Å²) in [6, 6.07) is 11.4. The van der Waals surface area contributed by atoms with E-state index < -0.39 is 5.97 Å². The summed E-state index contributed by atoms with van der Waals surface area (Å²) in [5, 5.41) is 0. The lowest BCUT2D eigenvalue weighted by Crippen LogP contribution is -2.18. The van der Waals surface area contributed by atoms with Crippen molar-refractivity contribution in [3.63, 3.8) is 0 Å². The highest BCUT2D eigenvalue weighted by Crippen LogP contribution is 2.25. The van der Waals surface area contributed by atoms with Gasteiger partial charge in [0.15, 0.2) is 0 Å². The molecule has 0 bridgehead atoms. The molecule has 26 heavy (non-hydrogen) atoms. The quantitative estimate of drug-likeness (QED) is 0.638. The summed E-state index contributed by atoms with van der Waals surface area (Å²) in [5.74, 6) is 0.160. The van der Waals surface area contributed by atoms with Crippen molar-refractivity contribution in [3.8, 4) is 11.5 Å². The Labute approximate surface area is 152 Å². The molecule has 0 unspecified atom stereocenters. The Morgan fingerprint density at radius 3 is 2.54 bits per heavy atom. The first-order valence-electron chi connectivity index (χ1n) is 8.28. The van der Waals surface area contributed by atoms with E-state index in [-0.39, 0.29) is 18.5 Å². The number of methoxy groups -OCH3 is 2. The van der Waals surface area contributed by atoms with Gasteiger partial charge in [-0.25, -0.2) is 9.18 Å². The Morgan fingerprint density at radius 2 is 1.85 bits per heavy atom. The molecule has 0 aliphatic rings. The van der Waals surface area contributed by atoms with Crippen molar-refractivity contribution in [3.05, 3.63) is 59.4 Å². The average molecular weight is 362 g/mol. The molecule has 0 radical (unpaired) electrons. The molecule has 0 spiro atoms. The molecule has 0 heterocycles. The largest absolute Gasteiger partial charge is 0.493 e. The standard InChI is InChI=1S/C20H23FO5/c1-14(13-23-2)26-18-11-16(20(22)24-3)10-17(12-18)25-9-8-15-6-4-5-7-19(15)21/h4-7,10-12,14H,8-9,13H2,1-3H3/t14-/m0/s1. The number of hydrogen-bond donors (Lipinski definition) is 0. The molecule has 6 heteroatoms. The lowest BCUT2D eigenvalue weighted by atomic mass is 10.1. The van der Waals surface area contributed by atoms with Crippen LogP contribution in [0.1, 0.15) is 22.8 Å². The van der Waals surface area contributed by atoms with Crippen LogP contribution in [-0.4, -0.2) is 39.5 Å². The molecule has 1 atom stereocenters. The molecule has 0 aliphatic heterocycles. The van der Waals surface area contributed by atoms with E-state index in [1.807, 2.05) is 6.92 Å². The van der Waals surface area contributed by atoms with Gasteiger partial charge < -0.3 is 18.9 Å². The summed E-state index contributed by atoms with van der Waals surface area (Å²) in [5.41, 5.74) is 0.886. The monoisotopic (exact) mass is 362 g/mol. The van der Waals surface area contributed by atoms with Gasteiger partial charge in [-0.15, -0.1) is 0 Å². The average Bonchev–Trinajstić information content (AvgIpc) is 2.62. The normalized spacial score (nSPS) is 11.7. The van der Waals surface area contributed by atoms with E-state index >= 15 is 0 Å². The maximum Gasteiger partial charge on any atom is 0.338 e. The molecule has 2 aromatic rings. The zero-order valence-electron chi connectivity index (χ0n) is 15.2. The first-order valence-corrected chi connectivity index (χ1v) is 8.28. The number of rotatable bonds is 9. The maximum absolute atomic E-state index is 13.7. The van der Waals surface area contributed by atoms with E-state index in [9.17, 15) is 9.18 Å². The molecule has 0 saturated heterocycles. The second-order valence-electron chi connectivity index (χ2n) is 5.76. The summed E-state index contributed by atoms with van der Waals surface area (Å²) in [7, 11) is 2.89. The highest BCUT2D eigenvalue weighted by Gasteiger charge is 2.13. The number of halogens is 1. The SMILES string of the molecule is COC[C@H](C)Oc1cc(OCCc2ccccc2F)cc(C(=O)OC)c1. The van der Waals surface area contributed by atoms with E-state index in [0.29, 0.717) is 35.7 Å². The number of esters is 1. The van der Waals surface area contributed by atoms with Crippen LogP contribution in [0.15, 0.2) is 42.5 Å². The van der Waals surface area contributed by atoms with Crippen molar-refractivity contribution in [2.45, 2.75) is 19.4 Å². The Hall–Kier alpha value is -2.60. The van der Waals surface area contributed by atoms with Crippen LogP contribution in [0.2, 0.25) is 0 Å². The topological polar surface area (TPSA) is 54.0 Å². The van der Waals surface area contributed by atoms with Gasteiger partial charge in [0.1, 0.15) is 23.4 Å². The second kappa shape index (κ2) is 9.77. The van der Waals surface area contributed by atoms with E-state index in [4.69, 9.17) is 18.9 Å². The summed E-state index contributed by atoms with van der Waals surface area (Å²) < 4.78 is 34.9. The Kier molecular flexibility index (Phi) is 7.41. The summed E-state index contributed by atoms with van der Waals surface area (Å²) in [4.78, 5) is 11.9. The van der Waals surface area contributed by atoms with Crippen molar-refractivity contribution in [1.82, 2.24) is 0 Å². The van der Waals surface area contributed by atoms with Crippen molar-refractivity contribution in [2.24, 2.45) is 0 Å². The molecule has 0 amide bonds. The summed E-state index contributed by atoms with van der Waals surface area (Å²) >= 11 is 0. The lowest BCUT2D eigenvalue weighted by Gasteiger charge is -2.16. The van der Waals surface area contributed by atoms with Gasteiger partial charge in [-0.3, -0.25) is 0 Å². The van der Waals surface area contributed by atoms with E-state index in [0.717, 1.165) is 0 Å². The van der Waals surface area contributed by atoms with Crippen molar-refractivity contribution in [1.29, 1.82) is 0 Å². The highest BCUT2D eigenvalue weighted by atomic mass is 19.1. The van der Waals surface area contributed by atoms with Crippen LogP contribution in [0.25, 0.3) is 0 Å². The fourth-order valence-electron chi connectivity index (χ4n) is 2.44. The molecule has 140 valence electrons. The number of carbonyl (C=O) groups is 1. The first kappa shape index (κ1) is 19.7. The third-order valence-electron chi connectivity index (χ3n) is 3.64. The molecule has 5 nitrogen and oxygen atoms in total. The highest BCUT2D eigenvalue weighted by molar-refractivity contribution is 5.90. The zero-order chi connectivity index (χ0) is 18.9. The van der Waals surface area contributed by atoms with Gasteiger partial charge in [-0.2, -0.15) is 0 Å². The van der Waals surface area contributed by atoms with E-state index in [2.05, 4.69) is 0 Å². The minimum absolute atomic E-state index is 0.195. The fourth-order valence-corrected chi connectivity index (χ4v) is 2.44. The predicted molar refractivity (Wildman–Crippen MR) is 95.3 cm³/mol. The van der Waals surface area contributed by atoms with Crippen molar-refractivity contribution >= 4 is 5.97 Å². The molecular formula is C20H23FO5. The molecule has 0 aromatic heterocycles. The molecule has 0 N–H and O–H groups in total. The zero-order valence-corrected chi connectivity index (χ0v) is 15.2. The third-order valence-corrected chi connectivity index (χ3v) is 3.64. The Bertz CT molecular complexity index is 732. The molecule has 0 fully saturated rings. The summed E-state index contributed by atoms with van der Waals surface area (Å²) in [6.07, 6.45) is 0.213. The number of ether oxygens (including phenoxy) is 4. The number of benzene rings is 2. The van der Waals surface area contributed by atoms with Crippen LogP contribution < -0.4 is 9.47 Å². The minimum atomic E-state index is -0.492. The van der Waals surface area contributed by atoms with Gasteiger partial charge in [-0.1, -0.05) is 18.2 Å². The lowest BCUT2D eigenvalue weighted by molar-refractivity contribution is 0.0598. The van der Waals surface area contributed by atoms with Crippen LogP contribution in [0.4, 0.5) is 4.39 Å². The molecular weight excluding hydrogens is 339 g/mol. The Morgan fingerprint density at radius 1 is 1.12 bits per heavy atom. The van der Waals surface area contributed by atoms with E-state index in [1.165, 1.54) is 13.2 Å². The minimum Gasteiger partial charge on any atom is -0.493 e. The Balaban J connectivity index is 2.10. The van der Waals surface area contributed by atoms with Crippen molar-refractivity contribution in [2.75, 3.05) is 27.4 Å². The molecule has 2 rings (SSSR count). The fraction of sp³-hybridized carbons (Fsp3) is 0.350. The third kappa shape index (κ3) is 5.74. The van der Waals surface area contributed by atoms with Gasteiger partial charge in [0.05, 0.1) is 25.9 Å². The first-order chi connectivity index (χ1) is 12.5. The van der Waals surface area contributed by atoms with Gasteiger partial charge in [0.25, 0.3) is 0 Å². The molecule has 0 aliphatic carbocycles. The summed E-state index contributed by atoms with van der Waals surface area (Å²) in [6.45, 7) is 2.53. The van der Waals surface area contributed by atoms with Gasteiger partial charge >= 0.3 is 5.97 Å². The van der Waals surface area contributed by atoms with Gasteiger partial charge in [-0.05, 0) is 30.7 Å². The van der Waals surface area contributed by atoms with Gasteiger partial charge in [0, 0.05) is 19.6 Å². The predicted octanol–water partition coefficient (Wildman–Crippen LogP) is 3.65. The second-order valence-corrected chi connectivity index (χ2v) is 5.76. The smallest absolute Gasteiger partial charge is 0.338 e. The maximum atomic E-state index is 13.7. The van der Waals surface area contributed by atoms with Crippen LogP contribution in [0.5, 0.6) is 11.5 Å². The van der Waals surface area contributed by atoms with E-state index in [1.54, 1.807) is 43.5 Å². The van der Waals surface area contributed by atoms with Crippen LogP contribution >= 0.6 is 0 Å². The molecule has 0 saturated carbocycles. The number of carbonyl (C=O) groups excluding carboxylic acids is 1. The van der Waals surface area contributed by atoms with Crippen LogP contribution in [-0.2, 0) is 15.9 Å².